The van der Waals surface area contributed by atoms with Crippen LogP contribution in [0, 0.1) is 0 Å². The van der Waals surface area contributed by atoms with Crippen molar-refractivity contribution in [2.24, 2.45) is 0 Å². The number of carbonyl (C=O) groups is 3. The second kappa shape index (κ2) is 11.5. The van der Waals surface area contributed by atoms with Crippen molar-refractivity contribution >= 4 is 44.2 Å². The van der Waals surface area contributed by atoms with Crippen LogP contribution in [0.2, 0.25) is 0 Å². The van der Waals surface area contributed by atoms with Crippen LogP contribution in [0.3, 0.4) is 0 Å². The van der Waals surface area contributed by atoms with Gasteiger partial charge in [-0.1, -0.05) is 11.8 Å². The van der Waals surface area contributed by atoms with Crippen molar-refractivity contribution in [3.8, 4) is 0 Å². The first-order chi connectivity index (χ1) is 14.2. The summed E-state index contributed by atoms with van der Waals surface area (Å²) < 4.78 is 22.4. The number of thioether (sulfide) groups is 1. The standard InChI is InChI=1S/C19H26NO8PS/c1-10(21)25-16-15(8-9-29-24)28-19(30-14-6-4-13(20)5-7-14)18(27-12(3)23)17(16)26-11(2)22/h4-7,15-19,24,29H,8-9,20H2,1-3H3/t15-,16-,17+,18+,19+/m1/s1. The number of ether oxygens (including phenoxy) is 4. The van der Waals surface area contributed by atoms with E-state index in [1.54, 1.807) is 24.3 Å². The summed E-state index contributed by atoms with van der Waals surface area (Å²) in [4.78, 5) is 45.3. The molecule has 1 aromatic rings. The average Bonchev–Trinajstić information content (AvgIpc) is 2.65. The van der Waals surface area contributed by atoms with E-state index in [4.69, 9.17) is 24.7 Å². The molecule has 3 N–H and O–H groups in total. The van der Waals surface area contributed by atoms with E-state index >= 15 is 0 Å². The number of benzene rings is 1. The molecule has 1 unspecified atom stereocenters. The smallest absolute Gasteiger partial charge is 0.303 e. The number of hydrogen-bond acceptors (Lipinski definition) is 10. The summed E-state index contributed by atoms with van der Waals surface area (Å²) in [5.41, 5.74) is 5.58. The van der Waals surface area contributed by atoms with Crippen LogP contribution in [-0.2, 0) is 33.3 Å². The first-order valence-electron chi connectivity index (χ1n) is 9.27. The Kier molecular flexibility index (Phi) is 9.36. The molecule has 1 aliphatic heterocycles. The van der Waals surface area contributed by atoms with Crippen molar-refractivity contribution in [1.82, 2.24) is 0 Å². The Morgan fingerprint density at radius 3 is 2.07 bits per heavy atom. The van der Waals surface area contributed by atoms with Crippen LogP contribution in [0.1, 0.15) is 27.2 Å². The molecule has 1 heterocycles. The van der Waals surface area contributed by atoms with Crippen LogP contribution in [0.15, 0.2) is 29.2 Å². The van der Waals surface area contributed by atoms with Crippen molar-refractivity contribution in [1.29, 1.82) is 0 Å². The molecule has 0 aromatic heterocycles. The van der Waals surface area contributed by atoms with Gasteiger partial charge in [-0.15, -0.1) is 0 Å². The fourth-order valence-electron chi connectivity index (χ4n) is 3.07. The topological polar surface area (TPSA) is 134 Å². The molecule has 0 aliphatic carbocycles. The summed E-state index contributed by atoms with van der Waals surface area (Å²) in [5, 5.41) is 0. The Morgan fingerprint density at radius 1 is 1.00 bits per heavy atom. The fourth-order valence-corrected chi connectivity index (χ4v) is 4.59. The average molecular weight is 459 g/mol. The lowest BCUT2D eigenvalue weighted by molar-refractivity contribution is -0.231. The minimum Gasteiger partial charge on any atom is -0.456 e. The quantitative estimate of drug-likeness (QED) is 0.257. The van der Waals surface area contributed by atoms with Crippen LogP contribution in [-0.4, -0.2) is 58.8 Å². The molecule has 0 radical (unpaired) electrons. The number of nitrogens with two attached hydrogens (primary N) is 1. The van der Waals surface area contributed by atoms with Gasteiger partial charge in [0.1, 0.15) is 11.5 Å². The molecule has 2 rings (SSSR count). The van der Waals surface area contributed by atoms with E-state index in [0.717, 1.165) is 4.90 Å². The molecule has 11 heteroatoms. The summed E-state index contributed by atoms with van der Waals surface area (Å²) in [6, 6.07) is 7.03. The Labute approximate surface area is 180 Å². The van der Waals surface area contributed by atoms with Gasteiger partial charge in [0, 0.05) is 40.2 Å². The highest BCUT2D eigenvalue weighted by molar-refractivity contribution is 7.99. The van der Waals surface area contributed by atoms with Crippen LogP contribution < -0.4 is 5.73 Å². The van der Waals surface area contributed by atoms with Crippen LogP contribution in [0.25, 0.3) is 0 Å². The van der Waals surface area contributed by atoms with Crippen LogP contribution in [0.5, 0.6) is 0 Å². The van der Waals surface area contributed by atoms with Gasteiger partial charge in [-0.05, 0) is 36.8 Å². The van der Waals surface area contributed by atoms with E-state index in [1.807, 2.05) is 0 Å². The third kappa shape index (κ3) is 7.12. The van der Waals surface area contributed by atoms with Crippen molar-refractivity contribution in [3.63, 3.8) is 0 Å². The lowest BCUT2D eigenvalue weighted by Gasteiger charge is -2.44. The number of anilines is 1. The highest BCUT2D eigenvalue weighted by Gasteiger charge is 2.51. The van der Waals surface area contributed by atoms with Gasteiger partial charge in [-0.2, -0.15) is 0 Å². The maximum Gasteiger partial charge on any atom is 0.303 e. The van der Waals surface area contributed by atoms with Gasteiger partial charge in [-0.25, -0.2) is 0 Å². The predicted octanol–water partition coefficient (Wildman–Crippen LogP) is 1.86. The zero-order valence-electron chi connectivity index (χ0n) is 16.9. The molecule has 166 valence electrons. The largest absolute Gasteiger partial charge is 0.456 e. The molecular weight excluding hydrogens is 433 g/mol. The summed E-state index contributed by atoms with van der Waals surface area (Å²) in [7, 11) is -0.324. The normalized spacial score (nSPS) is 26.3. The third-order valence-corrected chi connectivity index (χ3v) is 5.84. The molecule has 0 saturated carbocycles. The molecule has 1 fully saturated rings. The Balaban J connectivity index is 2.40. The van der Waals surface area contributed by atoms with Gasteiger partial charge in [0.2, 0.25) is 0 Å². The van der Waals surface area contributed by atoms with E-state index in [1.165, 1.54) is 32.5 Å². The van der Waals surface area contributed by atoms with Crippen molar-refractivity contribution in [3.05, 3.63) is 24.3 Å². The number of nitrogen functional groups attached to an aromatic ring is 1. The van der Waals surface area contributed by atoms with Gasteiger partial charge in [0.25, 0.3) is 0 Å². The molecule has 0 amide bonds. The molecule has 30 heavy (non-hydrogen) atoms. The Hall–Kier alpha value is -1.87. The minimum absolute atomic E-state index is 0.324. The van der Waals surface area contributed by atoms with Gasteiger partial charge in [0.15, 0.2) is 18.3 Å². The second-order valence-electron chi connectivity index (χ2n) is 6.65. The SMILES string of the molecule is CC(=O)O[C@H]1[C@H](OC(C)=O)[C@@H](CCPO)O[C@@H](Sc2ccc(N)cc2)[C@H]1OC(C)=O. The highest BCUT2D eigenvalue weighted by atomic mass is 32.2. The van der Waals surface area contributed by atoms with E-state index in [2.05, 4.69) is 0 Å². The summed E-state index contributed by atoms with van der Waals surface area (Å²) in [6.45, 7) is 3.68. The van der Waals surface area contributed by atoms with Gasteiger partial charge >= 0.3 is 17.9 Å². The molecule has 1 aliphatic rings. The lowest BCUT2D eigenvalue weighted by Crippen LogP contribution is -2.60. The summed E-state index contributed by atoms with van der Waals surface area (Å²) in [5.74, 6) is -1.81. The Morgan fingerprint density at radius 2 is 1.53 bits per heavy atom. The maximum atomic E-state index is 11.8. The van der Waals surface area contributed by atoms with E-state index in [-0.39, 0.29) is 8.81 Å². The summed E-state index contributed by atoms with van der Waals surface area (Å²) in [6.07, 6.45) is -2.98. The van der Waals surface area contributed by atoms with Gasteiger partial charge in [-0.3, -0.25) is 14.4 Å². The minimum atomic E-state index is -1.07. The number of rotatable bonds is 8. The lowest BCUT2D eigenvalue weighted by atomic mass is 9.97. The van der Waals surface area contributed by atoms with Crippen LogP contribution >= 0.6 is 20.6 Å². The van der Waals surface area contributed by atoms with E-state index < -0.39 is 47.8 Å². The zero-order chi connectivity index (χ0) is 22.3. The highest BCUT2D eigenvalue weighted by Crippen LogP contribution is 2.38. The molecule has 1 saturated heterocycles. The Bertz CT molecular complexity index is 747. The third-order valence-electron chi connectivity index (χ3n) is 4.17. The van der Waals surface area contributed by atoms with Gasteiger partial charge < -0.3 is 29.6 Å². The van der Waals surface area contributed by atoms with Crippen molar-refractivity contribution < 1.29 is 38.2 Å². The molecule has 6 atom stereocenters. The van der Waals surface area contributed by atoms with Gasteiger partial charge in [0.05, 0.1) is 0 Å². The maximum absolute atomic E-state index is 11.8. The first-order valence-corrected chi connectivity index (χ1v) is 11.3. The van der Waals surface area contributed by atoms with E-state index in [0.29, 0.717) is 18.3 Å². The van der Waals surface area contributed by atoms with Crippen molar-refractivity contribution in [2.75, 3.05) is 11.9 Å². The number of hydrogen-bond donors (Lipinski definition) is 2. The molecule has 0 spiro atoms. The number of esters is 3. The second-order valence-corrected chi connectivity index (χ2v) is 8.64. The van der Waals surface area contributed by atoms with Crippen LogP contribution in [0.4, 0.5) is 5.69 Å². The predicted molar refractivity (Wildman–Crippen MR) is 112 cm³/mol. The molecule has 0 bridgehead atoms. The number of carbonyl (C=O) groups excluding carboxylic acids is 3. The molecular formula is C19H26NO8PS. The summed E-state index contributed by atoms with van der Waals surface area (Å²) >= 11 is 1.27. The first kappa shape index (κ1) is 24.4. The molecule has 1 aromatic carbocycles. The monoisotopic (exact) mass is 459 g/mol. The van der Waals surface area contributed by atoms with E-state index in [9.17, 15) is 19.3 Å². The van der Waals surface area contributed by atoms with Crippen molar-refractivity contribution in [2.45, 2.75) is 61.9 Å². The fraction of sp³-hybridized carbons (Fsp3) is 0.526. The molecule has 9 nitrogen and oxygen atoms in total. The zero-order valence-corrected chi connectivity index (χ0v) is 18.7.